The quantitative estimate of drug-likeness (QED) is 0.869. The summed E-state index contributed by atoms with van der Waals surface area (Å²) in [4.78, 5) is 26.5. The van der Waals surface area contributed by atoms with Gasteiger partial charge in [0, 0.05) is 32.3 Å². The fourth-order valence-electron chi connectivity index (χ4n) is 2.73. The molecule has 3 amide bonds. The van der Waals surface area contributed by atoms with Gasteiger partial charge < -0.3 is 25.0 Å². The summed E-state index contributed by atoms with van der Waals surface area (Å²) in [5, 5.41) is 5.49. The van der Waals surface area contributed by atoms with Crippen molar-refractivity contribution in [1.82, 2.24) is 10.2 Å². The van der Waals surface area contributed by atoms with Crippen LogP contribution in [0.1, 0.15) is 18.0 Å². The van der Waals surface area contributed by atoms with E-state index in [0.29, 0.717) is 36.0 Å². The first-order chi connectivity index (χ1) is 13.0. The third-order valence-electron chi connectivity index (χ3n) is 4.10. The Bertz CT molecular complexity index is 808. The van der Waals surface area contributed by atoms with E-state index in [2.05, 4.69) is 10.6 Å². The molecule has 0 saturated carbocycles. The van der Waals surface area contributed by atoms with Crippen molar-refractivity contribution >= 4 is 17.6 Å². The molecule has 0 unspecified atom stereocenters. The normalized spacial score (nSPS) is 13.9. The van der Waals surface area contributed by atoms with E-state index in [1.807, 2.05) is 18.2 Å². The number of hydrogen-bond acceptors (Lipinski definition) is 4. The lowest BCUT2D eigenvalue weighted by Crippen LogP contribution is -2.41. The van der Waals surface area contributed by atoms with Crippen molar-refractivity contribution in [1.29, 1.82) is 0 Å². The molecule has 0 fully saturated rings. The van der Waals surface area contributed by atoms with Gasteiger partial charge in [-0.1, -0.05) is 30.3 Å². The van der Waals surface area contributed by atoms with Crippen LogP contribution in [0.3, 0.4) is 0 Å². The van der Waals surface area contributed by atoms with Gasteiger partial charge in [0.05, 0.1) is 13.2 Å². The van der Waals surface area contributed by atoms with Gasteiger partial charge in [-0.25, -0.2) is 4.79 Å². The van der Waals surface area contributed by atoms with Crippen LogP contribution in [-0.2, 0) is 4.79 Å². The largest absolute Gasteiger partial charge is 0.490 e. The van der Waals surface area contributed by atoms with Crippen LogP contribution in [0.25, 0.3) is 0 Å². The number of nitrogens with zero attached hydrogens (tertiary/aromatic N) is 1. The van der Waals surface area contributed by atoms with Crippen LogP contribution in [0.4, 0.5) is 10.5 Å². The van der Waals surface area contributed by atoms with Gasteiger partial charge in [0.15, 0.2) is 11.5 Å². The van der Waals surface area contributed by atoms with E-state index < -0.39 is 12.1 Å². The highest BCUT2D eigenvalue weighted by Crippen LogP contribution is 2.32. The molecule has 0 aromatic heterocycles. The van der Waals surface area contributed by atoms with Gasteiger partial charge in [0.1, 0.15) is 6.04 Å². The van der Waals surface area contributed by atoms with Crippen molar-refractivity contribution < 1.29 is 19.1 Å². The lowest BCUT2D eigenvalue weighted by Gasteiger charge is -2.22. The van der Waals surface area contributed by atoms with Crippen LogP contribution >= 0.6 is 0 Å². The van der Waals surface area contributed by atoms with Gasteiger partial charge in [-0.05, 0) is 17.7 Å². The van der Waals surface area contributed by atoms with E-state index >= 15 is 0 Å². The Morgan fingerprint density at radius 1 is 1.00 bits per heavy atom. The summed E-state index contributed by atoms with van der Waals surface area (Å²) >= 11 is 0. The van der Waals surface area contributed by atoms with Gasteiger partial charge in [-0.15, -0.1) is 0 Å². The Morgan fingerprint density at radius 2 is 1.70 bits per heavy atom. The molecular formula is C20H23N3O4. The second-order valence-corrected chi connectivity index (χ2v) is 6.39. The van der Waals surface area contributed by atoms with Crippen LogP contribution in [0.15, 0.2) is 48.5 Å². The van der Waals surface area contributed by atoms with Crippen LogP contribution in [0.2, 0.25) is 0 Å². The van der Waals surface area contributed by atoms with E-state index in [0.717, 1.165) is 6.42 Å². The average Bonchev–Trinajstić information content (AvgIpc) is 2.91. The number of rotatable bonds is 4. The Kier molecular flexibility index (Phi) is 5.80. The molecule has 27 heavy (non-hydrogen) atoms. The average molecular weight is 369 g/mol. The fourth-order valence-corrected chi connectivity index (χ4v) is 2.73. The number of fused-ring (bicyclic) bond motifs is 1. The first-order valence-electron chi connectivity index (χ1n) is 8.78. The Labute approximate surface area is 158 Å². The highest BCUT2D eigenvalue weighted by atomic mass is 16.5. The Balaban J connectivity index is 1.73. The van der Waals surface area contributed by atoms with Gasteiger partial charge in [-0.2, -0.15) is 0 Å². The minimum atomic E-state index is -0.776. The number of carbonyl (C=O) groups is 2. The number of likely N-dealkylation sites (N-methyl/N-ethyl adjacent to an activating group) is 1. The molecule has 1 aliphatic rings. The van der Waals surface area contributed by atoms with Gasteiger partial charge in [-0.3, -0.25) is 4.79 Å². The summed E-state index contributed by atoms with van der Waals surface area (Å²) < 4.78 is 11.2. The molecule has 7 heteroatoms. The molecule has 2 N–H and O–H groups in total. The van der Waals surface area contributed by atoms with E-state index in [1.54, 1.807) is 44.4 Å². The van der Waals surface area contributed by atoms with Crippen molar-refractivity contribution in [3.05, 3.63) is 54.1 Å². The molecule has 1 heterocycles. The van der Waals surface area contributed by atoms with Gasteiger partial charge in [0.25, 0.3) is 0 Å². The van der Waals surface area contributed by atoms with Gasteiger partial charge >= 0.3 is 6.03 Å². The van der Waals surface area contributed by atoms with Crippen LogP contribution < -0.4 is 20.1 Å². The molecule has 0 saturated heterocycles. The molecule has 1 atom stereocenters. The molecule has 0 aliphatic carbocycles. The molecule has 142 valence electrons. The van der Waals surface area contributed by atoms with E-state index in [9.17, 15) is 9.59 Å². The van der Waals surface area contributed by atoms with E-state index in [4.69, 9.17) is 9.47 Å². The van der Waals surface area contributed by atoms with Gasteiger partial charge in [0.2, 0.25) is 5.91 Å². The lowest BCUT2D eigenvalue weighted by atomic mass is 10.1. The fraction of sp³-hybridized carbons (Fsp3) is 0.300. The Morgan fingerprint density at radius 3 is 2.41 bits per heavy atom. The zero-order valence-electron chi connectivity index (χ0n) is 15.4. The Hall–Kier alpha value is -3.22. The summed E-state index contributed by atoms with van der Waals surface area (Å²) in [6.45, 7) is 1.17. The van der Waals surface area contributed by atoms with Crippen LogP contribution in [0.5, 0.6) is 11.5 Å². The number of ether oxygens (including phenoxy) is 2. The third-order valence-corrected chi connectivity index (χ3v) is 4.10. The summed E-state index contributed by atoms with van der Waals surface area (Å²) in [5.74, 6) is 1.03. The number of nitrogens with one attached hydrogen (secondary N) is 2. The summed E-state index contributed by atoms with van der Waals surface area (Å²) in [6, 6.07) is 13.1. The van der Waals surface area contributed by atoms with E-state index in [-0.39, 0.29) is 5.91 Å². The van der Waals surface area contributed by atoms with Crippen molar-refractivity contribution in [2.24, 2.45) is 0 Å². The molecule has 3 rings (SSSR count). The summed E-state index contributed by atoms with van der Waals surface area (Å²) in [7, 11) is 3.31. The number of urea groups is 1. The number of amides is 3. The first kappa shape index (κ1) is 18.6. The van der Waals surface area contributed by atoms with Crippen LogP contribution in [0, 0.1) is 0 Å². The maximum Gasteiger partial charge on any atom is 0.320 e. The van der Waals surface area contributed by atoms with Crippen molar-refractivity contribution in [3.8, 4) is 11.5 Å². The molecule has 0 spiro atoms. The highest BCUT2D eigenvalue weighted by molar-refractivity contribution is 5.94. The summed E-state index contributed by atoms with van der Waals surface area (Å²) in [6.07, 6.45) is 0.809. The minimum Gasteiger partial charge on any atom is -0.490 e. The zero-order valence-corrected chi connectivity index (χ0v) is 15.4. The van der Waals surface area contributed by atoms with Crippen LogP contribution in [-0.4, -0.2) is 44.1 Å². The second-order valence-electron chi connectivity index (χ2n) is 6.39. The highest BCUT2D eigenvalue weighted by Gasteiger charge is 2.24. The monoisotopic (exact) mass is 369 g/mol. The number of carbonyl (C=O) groups excluding carboxylic acids is 2. The topological polar surface area (TPSA) is 79.9 Å². The lowest BCUT2D eigenvalue weighted by molar-refractivity contribution is -0.130. The number of benzene rings is 2. The maximum atomic E-state index is 12.5. The van der Waals surface area contributed by atoms with Crippen molar-refractivity contribution in [2.45, 2.75) is 12.5 Å². The van der Waals surface area contributed by atoms with Crippen molar-refractivity contribution in [3.63, 3.8) is 0 Å². The standard InChI is InChI=1S/C20H23N3O4/c1-23(2)19(24)18(14-7-4-3-5-8-14)22-20(25)21-15-9-10-16-17(13-15)27-12-6-11-26-16/h3-5,7-10,13,18H,6,11-12H2,1-2H3,(H2,21,22,25)/t18-/m1/s1. The predicted molar refractivity (Wildman–Crippen MR) is 102 cm³/mol. The molecule has 7 nitrogen and oxygen atoms in total. The first-order valence-corrected chi connectivity index (χ1v) is 8.78. The second kappa shape index (κ2) is 8.44. The predicted octanol–water partition coefficient (Wildman–Crippen LogP) is 2.80. The SMILES string of the molecule is CN(C)C(=O)[C@H](NC(=O)Nc1ccc2c(c1)OCCCO2)c1ccccc1. The number of anilines is 1. The zero-order chi connectivity index (χ0) is 19.2. The minimum absolute atomic E-state index is 0.213. The molecule has 2 aromatic carbocycles. The molecular weight excluding hydrogens is 346 g/mol. The van der Waals surface area contributed by atoms with Crippen molar-refractivity contribution in [2.75, 3.05) is 32.6 Å². The molecule has 2 aromatic rings. The van der Waals surface area contributed by atoms with E-state index in [1.165, 1.54) is 4.90 Å². The molecule has 0 bridgehead atoms. The number of hydrogen-bond donors (Lipinski definition) is 2. The smallest absolute Gasteiger partial charge is 0.320 e. The summed E-state index contributed by atoms with van der Waals surface area (Å²) in [5.41, 5.74) is 1.27. The molecule has 1 aliphatic heterocycles. The molecule has 0 radical (unpaired) electrons. The maximum absolute atomic E-state index is 12.5. The third kappa shape index (κ3) is 4.69.